The summed E-state index contributed by atoms with van der Waals surface area (Å²) in [7, 11) is 0. The number of hydrogen-bond acceptors (Lipinski definition) is 5. The minimum atomic E-state index is -2.54. The molecule has 16 heavy (non-hydrogen) atoms. The first-order valence-electron chi connectivity index (χ1n) is 4.78. The van der Waals surface area contributed by atoms with E-state index in [2.05, 4.69) is 15.4 Å². The number of ether oxygens (including phenoxy) is 1. The summed E-state index contributed by atoms with van der Waals surface area (Å²) in [5.74, 6) is 5.80. The van der Waals surface area contributed by atoms with Gasteiger partial charge in [0.15, 0.2) is 12.4 Å². The van der Waals surface area contributed by atoms with Gasteiger partial charge in [0.2, 0.25) is 5.88 Å². The minimum absolute atomic E-state index is 0.0138. The van der Waals surface area contributed by atoms with E-state index in [0.717, 1.165) is 0 Å². The third kappa shape index (κ3) is 2.99. The Kier molecular flexibility index (Phi) is 4.36. The van der Waals surface area contributed by atoms with E-state index in [1.165, 1.54) is 6.33 Å². The third-order valence-electron chi connectivity index (χ3n) is 1.91. The average Bonchev–Trinajstić information content (AvgIpc) is 2.25. The maximum absolute atomic E-state index is 12.0. The van der Waals surface area contributed by atoms with Crippen molar-refractivity contribution in [3.8, 4) is 5.88 Å². The van der Waals surface area contributed by atoms with Crippen LogP contribution in [0.25, 0.3) is 0 Å². The molecule has 0 saturated carbocycles. The summed E-state index contributed by atoms with van der Waals surface area (Å²) in [5.41, 5.74) is 2.97. The number of halogens is 2. The molecule has 0 amide bonds. The lowest BCUT2D eigenvalue weighted by Gasteiger charge is -2.15. The van der Waals surface area contributed by atoms with E-state index < -0.39 is 13.0 Å². The number of nitrogens with zero attached hydrogens (tertiary/aromatic N) is 2. The van der Waals surface area contributed by atoms with E-state index in [9.17, 15) is 8.78 Å². The molecule has 1 aromatic rings. The van der Waals surface area contributed by atoms with Gasteiger partial charge in [0.25, 0.3) is 6.43 Å². The summed E-state index contributed by atoms with van der Waals surface area (Å²) >= 11 is 0. The van der Waals surface area contributed by atoms with E-state index >= 15 is 0 Å². The zero-order chi connectivity index (χ0) is 12.1. The number of alkyl halides is 2. The SMILES string of the molecule is CC(C)c1c(NN)ncnc1OCC(F)F. The van der Waals surface area contributed by atoms with Crippen molar-refractivity contribution < 1.29 is 13.5 Å². The monoisotopic (exact) mass is 232 g/mol. The van der Waals surface area contributed by atoms with Gasteiger partial charge < -0.3 is 10.2 Å². The second-order valence-corrected chi connectivity index (χ2v) is 3.44. The van der Waals surface area contributed by atoms with E-state index in [1.807, 2.05) is 13.8 Å². The van der Waals surface area contributed by atoms with E-state index in [-0.39, 0.29) is 11.8 Å². The van der Waals surface area contributed by atoms with Crippen LogP contribution in [0.3, 0.4) is 0 Å². The van der Waals surface area contributed by atoms with Crippen LogP contribution in [0.5, 0.6) is 5.88 Å². The van der Waals surface area contributed by atoms with Crippen LogP contribution >= 0.6 is 0 Å². The maximum Gasteiger partial charge on any atom is 0.272 e. The van der Waals surface area contributed by atoms with Crippen LogP contribution in [-0.2, 0) is 0 Å². The molecule has 1 rings (SSSR count). The number of rotatable bonds is 5. The molecule has 0 unspecified atom stereocenters. The third-order valence-corrected chi connectivity index (χ3v) is 1.91. The van der Waals surface area contributed by atoms with E-state index in [1.54, 1.807) is 0 Å². The highest BCUT2D eigenvalue weighted by molar-refractivity contribution is 5.49. The second kappa shape index (κ2) is 5.55. The lowest BCUT2D eigenvalue weighted by molar-refractivity contribution is 0.0788. The number of hydrazine groups is 1. The lowest BCUT2D eigenvalue weighted by atomic mass is 10.1. The smallest absolute Gasteiger partial charge is 0.272 e. The molecule has 0 atom stereocenters. The Morgan fingerprint density at radius 2 is 2.12 bits per heavy atom. The molecule has 1 aromatic heterocycles. The summed E-state index contributed by atoms with van der Waals surface area (Å²) in [6.45, 7) is 3.05. The van der Waals surface area contributed by atoms with Crippen LogP contribution in [0.2, 0.25) is 0 Å². The van der Waals surface area contributed by atoms with Gasteiger partial charge in [-0.3, -0.25) is 0 Å². The molecule has 0 radical (unpaired) electrons. The molecule has 0 aliphatic carbocycles. The first-order chi connectivity index (χ1) is 7.56. The zero-order valence-corrected chi connectivity index (χ0v) is 9.08. The quantitative estimate of drug-likeness (QED) is 0.595. The molecule has 0 saturated heterocycles. The van der Waals surface area contributed by atoms with Crippen molar-refractivity contribution in [2.24, 2.45) is 5.84 Å². The Balaban J connectivity index is 2.97. The molecule has 7 heteroatoms. The summed E-state index contributed by atoms with van der Waals surface area (Å²) in [6.07, 6.45) is -1.33. The zero-order valence-electron chi connectivity index (χ0n) is 9.08. The van der Waals surface area contributed by atoms with Crippen molar-refractivity contribution in [2.45, 2.75) is 26.2 Å². The van der Waals surface area contributed by atoms with Crippen LogP contribution in [0, 0.1) is 0 Å². The molecule has 5 nitrogen and oxygen atoms in total. The molecule has 0 bridgehead atoms. The van der Waals surface area contributed by atoms with Gasteiger partial charge in [0.05, 0.1) is 5.56 Å². The summed E-state index contributed by atoms with van der Waals surface area (Å²) < 4.78 is 29.0. The number of nitrogens with one attached hydrogen (secondary N) is 1. The van der Waals surface area contributed by atoms with Crippen molar-refractivity contribution in [2.75, 3.05) is 12.0 Å². The largest absolute Gasteiger partial charge is 0.471 e. The summed E-state index contributed by atoms with van der Waals surface area (Å²) in [6, 6.07) is 0. The van der Waals surface area contributed by atoms with Crippen molar-refractivity contribution >= 4 is 5.82 Å². The topological polar surface area (TPSA) is 73.1 Å². The molecule has 90 valence electrons. The molecular formula is C9H14F2N4O. The van der Waals surface area contributed by atoms with Crippen molar-refractivity contribution in [1.29, 1.82) is 0 Å². The average molecular weight is 232 g/mol. The summed E-state index contributed by atoms with van der Waals surface area (Å²) in [4.78, 5) is 7.71. The molecule has 0 aliphatic rings. The van der Waals surface area contributed by atoms with Crippen LogP contribution < -0.4 is 16.0 Å². The van der Waals surface area contributed by atoms with Gasteiger partial charge in [0.1, 0.15) is 6.33 Å². The van der Waals surface area contributed by atoms with Crippen LogP contribution in [0.15, 0.2) is 6.33 Å². The molecular weight excluding hydrogens is 218 g/mol. The molecule has 0 spiro atoms. The minimum Gasteiger partial charge on any atom is -0.471 e. The van der Waals surface area contributed by atoms with Gasteiger partial charge in [-0.25, -0.2) is 24.6 Å². The van der Waals surface area contributed by atoms with Gasteiger partial charge in [0, 0.05) is 0 Å². The normalized spacial score (nSPS) is 10.9. The standard InChI is InChI=1S/C9H14F2N4O/c1-5(2)7-8(15-12)13-4-14-9(7)16-3-6(10)11/h4-6H,3,12H2,1-2H3,(H,13,14,15). The highest BCUT2D eigenvalue weighted by atomic mass is 19.3. The van der Waals surface area contributed by atoms with Gasteiger partial charge >= 0.3 is 0 Å². The first-order valence-corrected chi connectivity index (χ1v) is 4.78. The molecule has 1 heterocycles. The fourth-order valence-corrected chi connectivity index (χ4v) is 1.27. The molecule has 0 aromatic carbocycles. The Morgan fingerprint density at radius 3 is 2.62 bits per heavy atom. The fourth-order valence-electron chi connectivity index (χ4n) is 1.27. The van der Waals surface area contributed by atoms with E-state index in [0.29, 0.717) is 11.4 Å². The number of aromatic nitrogens is 2. The van der Waals surface area contributed by atoms with Crippen molar-refractivity contribution in [3.05, 3.63) is 11.9 Å². The lowest BCUT2D eigenvalue weighted by Crippen LogP contribution is -2.15. The van der Waals surface area contributed by atoms with Gasteiger partial charge in [-0.15, -0.1) is 0 Å². The molecule has 3 N–H and O–H groups in total. The number of anilines is 1. The van der Waals surface area contributed by atoms with E-state index in [4.69, 9.17) is 10.6 Å². The van der Waals surface area contributed by atoms with Gasteiger partial charge in [-0.2, -0.15) is 0 Å². The van der Waals surface area contributed by atoms with Crippen LogP contribution in [0.4, 0.5) is 14.6 Å². The predicted octanol–water partition coefficient (Wildman–Crippen LogP) is 1.53. The Labute approximate surface area is 92.0 Å². The number of hydrogen-bond donors (Lipinski definition) is 2. The Bertz CT molecular complexity index is 346. The van der Waals surface area contributed by atoms with Crippen LogP contribution in [-0.4, -0.2) is 23.0 Å². The van der Waals surface area contributed by atoms with Gasteiger partial charge in [-0.05, 0) is 5.92 Å². The van der Waals surface area contributed by atoms with Crippen molar-refractivity contribution in [1.82, 2.24) is 9.97 Å². The number of nitrogens with two attached hydrogens (primary N) is 1. The van der Waals surface area contributed by atoms with Gasteiger partial charge in [-0.1, -0.05) is 13.8 Å². The second-order valence-electron chi connectivity index (χ2n) is 3.44. The van der Waals surface area contributed by atoms with Crippen molar-refractivity contribution in [3.63, 3.8) is 0 Å². The highest BCUT2D eigenvalue weighted by Crippen LogP contribution is 2.29. The Hall–Kier alpha value is -1.50. The maximum atomic E-state index is 12.0. The fraction of sp³-hybridized carbons (Fsp3) is 0.556. The molecule has 0 aliphatic heterocycles. The number of nitrogen functional groups attached to an aromatic ring is 1. The molecule has 0 fully saturated rings. The highest BCUT2D eigenvalue weighted by Gasteiger charge is 2.16. The predicted molar refractivity (Wildman–Crippen MR) is 55.4 cm³/mol. The summed E-state index contributed by atoms with van der Waals surface area (Å²) in [5, 5.41) is 0. The first kappa shape index (κ1) is 12.6. The Morgan fingerprint density at radius 1 is 1.44 bits per heavy atom. The van der Waals surface area contributed by atoms with Crippen LogP contribution in [0.1, 0.15) is 25.3 Å².